The third-order valence-corrected chi connectivity index (χ3v) is 6.33. The third-order valence-electron chi connectivity index (χ3n) is 6.33. The first kappa shape index (κ1) is 23.4. The van der Waals surface area contributed by atoms with E-state index in [1.165, 1.54) is 0 Å². The van der Waals surface area contributed by atoms with Gasteiger partial charge in [-0.25, -0.2) is 4.98 Å². The van der Waals surface area contributed by atoms with Crippen LogP contribution in [0.15, 0.2) is 22.9 Å². The van der Waals surface area contributed by atoms with E-state index in [1.54, 1.807) is 13.3 Å². The SMILES string of the molecule is COc1ccc2c(ncc3nc(N4CCOCC4)n([C@H](C)COC(F)F)c32)c1-c1c(C)noc1C. The molecule has 11 heteroatoms. The van der Waals surface area contributed by atoms with Crippen LogP contribution in [0.1, 0.15) is 24.4 Å². The molecule has 186 valence electrons. The number of hydrogen-bond donors (Lipinski definition) is 0. The van der Waals surface area contributed by atoms with Crippen LogP contribution in [0.2, 0.25) is 0 Å². The van der Waals surface area contributed by atoms with Crippen molar-refractivity contribution < 1.29 is 27.5 Å². The summed E-state index contributed by atoms with van der Waals surface area (Å²) in [6.07, 6.45) is 1.71. The molecule has 0 saturated carbocycles. The van der Waals surface area contributed by atoms with Crippen LogP contribution in [0.4, 0.5) is 14.7 Å². The van der Waals surface area contributed by atoms with Gasteiger partial charge in [0.15, 0.2) is 0 Å². The Labute approximate surface area is 200 Å². The number of anilines is 1. The standard InChI is InChI=1S/C24H27F2N5O4/c1-13(12-34-23(25)26)31-22-16-5-6-18(32-4)20(19-14(2)29-35-15(19)3)21(16)27-11-17(22)28-24(31)30-7-9-33-10-8-30/h5-6,11,13,23H,7-10,12H2,1-4H3/t13-/m1/s1. The zero-order valence-corrected chi connectivity index (χ0v) is 20.0. The number of halogens is 2. The number of pyridine rings is 1. The lowest BCUT2D eigenvalue weighted by Crippen LogP contribution is -2.38. The van der Waals surface area contributed by atoms with Crippen molar-refractivity contribution in [1.29, 1.82) is 0 Å². The second-order valence-electron chi connectivity index (χ2n) is 8.55. The van der Waals surface area contributed by atoms with Crippen molar-refractivity contribution in [1.82, 2.24) is 19.7 Å². The molecule has 4 heterocycles. The fourth-order valence-electron chi connectivity index (χ4n) is 4.76. The highest BCUT2D eigenvalue weighted by Crippen LogP contribution is 2.42. The fraction of sp³-hybridized carbons (Fsp3) is 0.458. The molecule has 1 atom stereocenters. The van der Waals surface area contributed by atoms with Crippen LogP contribution in [0, 0.1) is 13.8 Å². The van der Waals surface area contributed by atoms with E-state index < -0.39 is 12.7 Å². The van der Waals surface area contributed by atoms with Crippen LogP contribution < -0.4 is 9.64 Å². The highest BCUT2D eigenvalue weighted by molar-refractivity contribution is 6.10. The van der Waals surface area contributed by atoms with Gasteiger partial charge in [0, 0.05) is 18.5 Å². The number of morpholine rings is 1. The molecule has 3 aromatic heterocycles. The molecule has 5 rings (SSSR count). The number of hydrogen-bond acceptors (Lipinski definition) is 8. The summed E-state index contributed by atoms with van der Waals surface area (Å²) in [4.78, 5) is 11.7. The van der Waals surface area contributed by atoms with Gasteiger partial charge >= 0.3 is 6.61 Å². The van der Waals surface area contributed by atoms with Crippen molar-refractivity contribution in [3.8, 4) is 16.9 Å². The lowest BCUT2D eigenvalue weighted by atomic mass is 9.98. The van der Waals surface area contributed by atoms with E-state index in [0.29, 0.717) is 54.8 Å². The largest absolute Gasteiger partial charge is 0.496 e. The van der Waals surface area contributed by atoms with Gasteiger partial charge in [0.25, 0.3) is 0 Å². The second kappa shape index (κ2) is 9.38. The maximum atomic E-state index is 12.9. The van der Waals surface area contributed by atoms with E-state index in [4.69, 9.17) is 28.7 Å². The Kier molecular flexibility index (Phi) is 6.28. The number of imidazole rings is 1. The van der Waals surface area contributed by atoms with Crippen molar-refractivity contribution in [2.45, 2.75) is 33.4 Å². The van der Waals surface area contributed by atoms with E-state index in [9.17, 15) is 8.78 Å². The van der Waals surface area contributed by atoms with Gasteiger partial charge in [-0.05, 0) is 32.9 Å². The first-order valence-electron chi connectivity index (χ1n) is 11.4. The Bertz CT molecular complexity index is 1340. The Morgan fingerprint density at radius 1 is 1.14 bits per heavy atom. The third kappa shape index (κ3) is 4.08. The van der Waals surface area contributed by atoms with E-state index in [0.717, 1.165) is 27.7 Å². The van der Waals surface area contributed by atoms with Gasteiger partial charge in [-0.2, -0.15) is 8.78 Å². The number of fused-ring (bicyclic) bond motifs is 3. The molecule has 1 aliphatic rings. The number of alkyl halides is 2. The molecule has 35 heavy (non-hydrogen) atoms. The lowest BCUT2D eigenvalue weighted by Gasteiger charge is -2.30. The molecule has 1 aromatic carbocycles. The number of rotatable bonds is 7. The molecule has 0 bridgehead atoms. The molecule has 1 saturated heterocycles. The number of benzene rings is 1. The minimum absolute atomic E-state index is 0.169. The predicted molar refractivity (Wildman–Crippen MR) is 126 cm³/mol. The Morgan fingerprint density at radius 3 is 2.57 bits per heavy atom. The Morgan fingerprint density at radius 2 is 1.91 bits per heavy atom. The van der Waals surface area contributed by atoms with Crippen molar-refractivity contribution >= 4 is 27.9 Å². The van der Waals surface area contributed by atoms with Crippen LogP contribution in [0.5, 0.6) is 5.75 Å². The Balaban J connectivity index is 1.79. The van der Waals surface area contributed by atoms with Crippen LogP contribution in [-0.2, 0) is 9.47 Å². The molecule has 9 nitrogen and oxygen atoms in total. The van der Waals surface area contributed by atoms with E-state index in [2.05, 4.69) is 10.1 Å². The fourth-order valence-corrected chi connectivity index (χ4v) is 4.76. The molecule has 0 radical (unpaired) electrons. The van der Waals surface area contributed by atoms with Gasteiger partial charge in [0.2, 0.25) is 5.95 Å². The van der Waals surface area contributed by atoms with Gasteiger partial charge in [0.1, 0.15) is 17.0 Å². The van der Waals surface area contributed by atoms with Crippen molar-refractivity contribution in [2.24, 2.45) is 0 Å². The van der Waals surface area contributed by atoms with Gasteiger partial charge < -0.3 is 28.2 Å². The van der Waals surface area contributed by atoms with Crippen molar-refractivity contribution in [3.63, 3.8) is 0 Å². The molecule has 1 aliphatic heterocycles. The van der Waals surface area contributed by atoms with E-state index >= 15 is 0 Å². The van der Waals surface area contributed by atoms with Crippen molar-refractivity contribution in [2.75, 3.05) is 44.9 Å². The maximum absolute atomic E-state index is 12.9. The summed E-state index contributed by atoms with van der Waals surface area (Å²) in [6.45, 7) is 4.96. The zero-order chi connectivity index (χ0) is 24.7. The molecule has 0 spiro atoms. The van der Waals surface area contributed by atoms with Crippen LogP contribution in [0.25, 0.3) is 33.1 Å². The van der Waals surface area contributed by atoms with Crippen LogP contribution in [-0.4, -0.2) is 66.3 Å². The summed E-state index contributed by atoms with van der Waals surface area (Å²) in [7, 11) is 1.60. The molecule has 0 unspecified atom stereocenters. The highest BCUT2D eigenvalue weighted by Gasteiger charge is 2.27. The number of aryl methyl sites for hydroxylation is 2. The average Bonchev–Trinajstić information content (AvgIpc) is 3.42. The lowest BCUT2D eigenvalue weighted by molar-refractivity contribution is -0.135. The minimum Gasteiger partial charge on any atom is -0.496 e. The topological polar surface area (TPSA) is 87.7 Å². The van der Waals surface area contributed by atoms with Crippen LogP contribution in [0.3, 0.4) is 0 Å². The smallest absolute Gasteiger partial charge is 0.345 e. The highest BCUT2D eigenvalue weighted by atomic mass is 19.3. The van der Waals surface area contributed by atoms with Gasteiger partial charge in [0.05, 0.1) is 67.0 Å². The van der Waals surface area contributed by atoms with E-state index in [-0.39, 0.29) is 6.61 Å². The van der Waals surface area contributed by atoms with Gasteiger partial charge in [-0.3, -0.25) is 4.98 Å². The summed E-state index contributed by atoms with van der Waals surface area (Å²) in [6, 6.07) is 3.38. The summed E-state index contributed by atoms with van der Waals surface area (Å²) in [5, 5.41) is 4.92. The number of nitrogens with zero attached hydrogens (tertiary/aromatic N) is 5. The average molecular weight is 488 g/mol. The monoisotopic (exact) mass is 487 g/mol. The summed E-state index contributed by atoms with van der Waals surface area (Å²) in [5.74, 6) is 1.96. The molecular formula is C24H27F2N5O4. The summed E-state index contributed by atoms with van der Waals surface area (Å²) in [5.41, 5.74) is 4.43. The van der Waals surface area contributed by atoms with Gasteiger partial charge in [-0.1, -0.05) is 5.16 Å². The number of aromatic nitrogens is 4. The van der Waals surface area contributed by atoms with E-state index in [1.807, 2.05) is 37.5 Å². The minimum atomic E-state index is -2.85. The normalized spacial score (nSPS) is 15.5. The first-order valence-corrected chi connectivity index (χ1v) is 11.4. The number of ether oxygens (including phenoxy) is 3. The molecule has 0 N–H and O–H groups in total. The molecular weight excluding hydrogens is 460 g/mol. The summed E-state index contributed by atoms with van der Waals surface area (Å²) < 4.78 is 49.1. The van der Waals surface area contributed by atoms with Crippen molar-refractivity contribution in [3.05, 3.63) is 29.8 Å². The Hall–Kier alpha value is -3.31. The van der Waals surface area contributed by atoms with Gasteiger partial charge in [-0.15, -0.1) is 0 Å². The molecule has 1 fully saturated rings. The zero-order valence-electron chi connectivity index (χ0n) is 20.0. The predicted octanol–water partition coefficient (Wildman–Crippen LogP) is 4.50. The molecule has 0 amide bonds. The number of methoxy groups -OCH3 is 1. The molecule has 4 aromatic rings. The summed E-state index contributed by atoms with van der Waals surface area (Å²) >= 11 is 0. The molecule has 0 aliphatic carbocycles. The first-order chi connectivity index (χ1) is 16.9. The maximum Gasteiger partial charge on any atom is 0.345 e. The van der Waals surface area contributed by atoms with Crippen LogP contribution >= 0.6 is 0 Å². The second-order valence-corrected chi connectivity index (χ2v) is 8.55. The quantitative estimate of drug-likeness (QED) is 0.377.